The molecule has 146 valence electrons. The van der Waals surface area contributed by atoms with Crippen LogP contribution in [0.5, 0.6) is 0 Å². The molecule has 0 aliphatic carbocycles. The number of nitrogens with one attached hydrogen (secondary N) is 1. The number of benzene rings is 2. The van der Waals surface area contributed by atoms with E-state index in [9.17, 15) is 14.0 Å². The summed E-state index contributed by atoms with van der Waals surface area (Å²) in [5.74, 6) is -0.645. The van der Waals surface area contributed by atoms with Gasteiger partial charge in [0.25, 0.3) is 0 Å². The first-order valence-corrected chi connectivity index (χ1v) is 9.51. The third kappa shape index (κ3) is 2.88. The van der Waals surface area contributed by atoms with E-state index in [0.717, 1.165) is 16.8 Å². The minimum absolute atomic E-state index is 0.0469. The zero-order valence-corrected chi connectivity index (χ0v) is 15.9. The lowest BCUT2D eigenvalue weighted by molar-refractivity contribution is -0.139. The van der Waals surface area contributed by atoms with Crippen molar-refractivity contribution in [2.75, 3.05) is 18.5 Å². The summed E-state index contributed by atoms with van der Waals surface area (Å²) in [5.41, 5.74) is 1.51. The number of amides is 2. The number of para-hydroxylation sites is 1. The summed E-state index contributed by atoms with van der Waals surface area (Å²) < 4.78 is 19.1. The van der Waals surface area contributed by atoms with Crippen LogP contribution >= 0.6 is 0 Å². The fraction of sp³-hybridized carbons (Fsp3) is 0.364. The number of hydrogen-bond acceptors (Lipinski definition) is 3. The Labute approximate surface area is 163 Å². The van der Waals surface area contributed by atoms with Crippen molar-refractivity contribution in [2.45, 2.75) is 37.8 Å². The molecule has 0 unspecified atom stereocenters. The van der Waals surface area contributed by atoms with E-state index < -0.39 is 11.5 Å². The van der Waals surface area contributed by atoms with Gasteiger partial charge in [-0.25, -0.2) is 4.39 Å². The molecule has 1 N–H and O–H groups in total. The van der Waals surface area contributed by atoms with Crippen molar-refractivity contribution in [3.8, 4) is 0 Å². The van der Waals surface area contributed by atoms with Crippen LogP contribution in [0.25, 0.3) is 0 Å². The number of hydrogen-bond donors (Lipinski definition) is 1. The molecule has 0 saturated carbocycles. The molecule has 0 radical (unpaired) electrons. The number of halogens is 1. The van der Waals surface area contributed by atoms with Crippen molar-refractivity contribution >= 4 is 17.5 Å². The lowest BCUT2D eigenvalue weighted by Gasteiger charge is -2.34. The zero-order chi connectivity index (χ0) is 19.9. The predicted octanol–water partition coefficient (Wildman–Crippen LogP) is 3.41. The maximum Gasteiger partial charge on any atom is 0.249 e. The van der Waals surface area contributed by atoms with Crippen molar-refractivity contribution < 1.29 is 18.7 Å². The normalized spacial score (nSPS) is 23.4. The smallest absolute Gasteiger partial charge is 0.249 e. The monoisotopic (exact) mass is 382 g/mol. The molecule has 28 heavy (non-hydrogen) atoms. The highest BCUT2D eigenvalue weighted by atomic mass is 19.1. The summed E-state index contributed by atoms with van der Waals surface area (Å²) in [6.07, 6.45) is 0.436. The minimum Gasteiger partial charge on any atom is -0.369 e. The van der Waals surface area contributed by atoms with Crippen molar-refractivity contribution in [1.29, 1.82) is 0 Å². The SMILES string of the molecule is CC(C)OCC(=O)N1CC[C@]2(C(=O)Nc3ccccc32)[C@@H]1c1ccc(F)cc1. The first-order chi connectivity index (χ1) is 13.4. The molecule has 6 heteroatoms. The molecule has 1 saturated heterocycles. The summed E-state index contributed by atoms with van der Waals surface area (Å²) >= 11 is 0. The number of carbonyl (C=O) groups excluding carboxylic acids is 2. The third-order valence-corrected chi connectivity index (χ3v) is 5.63. The Hall–Kier alpha value is -2.73. The van der Waals surface area contributed by atoms with E-state index in [1.54, 1.807) is 17.0 Å². The number of ether oxygens (including phenoxy) is 1. The van der Waals surface area contributed by atoms with E-state index in [-0.39, 0.29) is 30.3 Å². The Morgan fingerprint density at radius 3 is 2.68 bits per heavy atom. The maximum absolute atomic E-state index is 13.5. The fourth-order valence-electron chi connectivity index (χ4n) is 4.38. The summed E-state index contributed by atoms with van der Waals surface area (Å²) in [7, 11) is 0. The number of carbonyl (C=O) groups is 2. The molecule has 2 aliphatic rings. The van der Waals surface area contributed by atoms with E-state index in [4.69, 9.17) is 4.74 Å². The van der Waals surface area contributed by atoms with Crippen molar-refractivity contribution in [1.82, 2.24) is 4.90 Å². The van der Waals surface area contributed by atoms with Crippen LogP contribution in [0, 0.1) is 5.82 Å². The van der Waals surface area contributed by atoms with Gasteiger partial charge < -0.3 is 15.0 Å². The first-order valence-electron chi connectivity index (χ1n) is 9.51. The predicted molar refractivity (Wildman–Crippen MR) is 103 cm³/mol. The van der Waals surface area contributed by atoms with Gasteiger partial charge in [0.2, 0.25) is 11.8 Å². The molecule has 0 aromatic heterocycles. The van der Waals surface area contributed by atoms with E-state index in [1.807, 2.05) is 38.1 Å². The second kappa shape index (κ2) is 7.02. The summed E-state index contributed by atoms with van der Waals surface area (Å²) in [6, 6.07) is 13.1. The van der Waals surface area contributed by atoms with Crippen molar-refractivity contribution in [3.05, 3.63) is 65.5 Å². The van der Waals surface area contributed by atoms with Crippen molar-refractivity contribution in [2.24, 2.45) is 0 Å². The Balaban J connectivity index is 1.80. The molecule has 2 atom stereocenters. The molecule has 1 fully saturated rings. The Morgan fingerprint density at radius 1 is 1.25 bits per heavy atom. The average Bonchev–Trinajstić information content (AvgIpc) is 3.21. The highest BCUT2D eigenvalue weighted by Crippen LogP contribution is 2.54. The number of likely N-dealkylation sites (tertiary alicyclic amines) is 1. The Morgan fingerprint density at radius 2 is 1.96 bits per heavy atom. The second-order valence-corrected chi connectivity index (χ2v) is 7.62. The first kappa shape index (κ1) is 18.6. The van der Waals surface area contributed by atoms with Gasteiger partial charge in [0, 0.05) is 12.2 Å². The van der Waals surface area contributed by atoms with Crippen LogP contribution in [0.4, 0.5) is 10.1 Å². The lowest BCUT2D eigenvalue weighted by atomic mass is 9.72. The number of rotatable bonds is 4. The second-order valence-electron chi connectivity index (χ2n) is 7.62. The van der Waals surface area contributed by atoms with Crippen LogP contribution in [-0.2, 0) is 19.7 Å². The van der Waals surface area contributed by atoms with Gasteiger partial charge in [0.15, 0.2) is 0 Å². The molecular formula is C22H23FN2O3. The molecule has 2 heterocycles. The summed E-state index contributed by atoms with van der Waals surface area (Å²) in [5, 5.41) is 2.97. The van der Waals surface area contributed by atoms with Gasteiger partial charge in [-0.1, -0.05) is 30.3 Å². The average molecular weight is 382 g/mol. The quantitative estimate of drug-likeness (QED) is 0.882. The van der Waals surface area contributed by atoms with Gasteiger partial charge in [-0.05, 0) is 49.6 Å². The number of anilines is 1. The van der Waals surface area contributed by atoms with Gasteiger partial charge in [0.1, 0.15) is 17.8 Å². The molecule has 1 spiro atoms. The third-order valence-electron chi connectivity index (χ3n) is 5.63. The van der Waals surface area contributed by atoms with Crippen LogP contribution in [-0.4, -0.2) is 36.0 Å². The molecule has 5 nitrogen and oxygen atoms in total. The zero-order valence-electron chi connectivity index (χ0n) is 15.9. The minimum atomic E-state index is -0.887. The van der Waals surface area contributed by atoms with Crippen molar-refractivity contribution in [3.63, 3.8) is 0 Å². The van der Waals surface area contributed by atoms with E-state index in [0.29, 0.717) is 13.0 Å². The van der Waals surface area contributed by atoms with Gasteiger partial charge in [-0.3, -0.25) is 9.59 Å². The Bertz CT molecular complexity index is 912. The lowest BCUT2D eigenvalue weighted by Crippen LogP contribution is -2.43. The largest absolute Gasteiger partial charge is 0.369 e. The van der Waals surface area contributed by atoms with E-state index in [2.05, 4.69) is 5.32 Å². The molecule has 2 aromatic carbocycles. The number of fused-ring (bicyclic) bond motifs is 2. The molecule has 2 amide bonds. The highest BCUT2D eigenvalue weighted by molar-refractivity contribution is 6.07. The van der Waals surface area contributed by atoms with Crippen LogP contribution in [0.3, 0.4) is 0 Å². The molecular weight excluding hydrogens is 359 g/mol. The van der Waals surface area contributed by atoms with Crippen LogP contribution < -0.4 is 5.32 Å². The maximum atomic E-state index is 13.5. The van der Waals surface area contributed by atoms with Gasteiger partial charge in [-0.15, -0.1) is 0 Å². The summed E-state index contributed by atoms with van der Waals surface area (Å²) in [6.45, 7) is 4.13. The molecule has 4 rings (SSSR count). The van der Waals surface area contributed by atoms with Gasteiger partial charge in [0.05, 0.1) is 12.1 Å². The van der Waals surface area contributed by atoms with E-state index >= 15 is 0 Å². The van der Waals surface area contributed by atoms with Crippen LogP contribution in [0.15, 0.2) is 48.5 Å². The summed E-state index contributed by atoms with van der Waals surface area (Å²) in [4.78, 5) is 27.8. The fourth-order valence-corrected chi connectivity index (χ4v) is 4.38. The highest BCUT2D eigenvalue weighted by Gasteiger charge is 2.59. The standard InChI is InChI=1S/C22H23FN2O3/c1-14(2)28-13-19(26)25-12-11-22(20(25)15-7-9-16(23)10-8-15)17-5-3-4-6-18(17)24-21(22)27/h3-10,14,20H,11-13H2,1-2H3,(H,24,27)/t20-,22+/m0/s1. The van der Waals surface area contributed by atoms with Gasteiger partial charge in [-0.2, -0.15) is 0 Å². The van der Waals surface area contributed by atoms with Crippen LogP contribution in [0.1, 0.15) is 37.4 Å². The molecule has 2 aliphatic heterocycles. The van der Waals surface area contributed by atoms with E-state index in [1.165, 1.54) is 12.1 Å². The molecule has 2 aromatic rings. The molecule has 0 bridgehead atoms. The van der Waals surface area contributed by atoms with Gasteiger partial charge >= 0.3 is 0 Å². The van der Waals surface area contributed by atoms with Crippen LogP contribution in [0.2, 0.25) is 0 Å². The number of nitrogens with zero attached hydrogens (tertiary/aromatic N) is 1. The topological polar surface area (TPSA) is 58.6 Å². The Kier molecular flexibility index (Phi) is 4.67.